The molecule has 1 N–H and O–H groups in total. The Hall–Kier alpha value is -1.30. The molecule has 66 valence electrons. The lowest BCUT2D eigenvalue weighted by Crippen LogP contribution is -2.51. The van der Waals surface area contributed by atoms with Gasteiger partial charge >= 0.3 is 0 Å². The minimum absolute atomic E-state index is 0.206. The van der Waals surface area contributed by atoms with Gasteiger partial charge in [-0.2, -0.15) is 0 Å². The van der Waals surface area contributed by atoms with Crippen molar-refractivity contribution < 1.29 is 9.59 Å². The highest BCUT2D eigenvalue weighted by Gasteiger charge is 2.31. The summed E-state index contributed by atoms with van der Waals surface area (Å²) in [5, 5.41) is 2.47. The van der Waals surface area contributed by atoms with Crippen molar-refractivity contribution >= 4 is 11.7 Å². The van der Waals surface area contributed by atoms with Crippen LogP contribution in [0.5, 0.6) is 0 Å². The summed E-state index contributed by atoms with van der Waals surface area (Å²) >= 11 is 0. The molecule has 1 amide bonds. The molecule has 0 aromatic heterocycles. The summed E-state index contributed by atoms with van der Waals surface area (Å²) in [7, 11) is 0. The number of terminal acetylenes is 1. The maximum atomic E-state index is 11.1. The molecule has 0 heterocycles. The summed E-state index contributed by atoms with van der Waals surface area (Å²) < 4.78 is 0. The molecule has 0 saturated carbocycles. The number of ketones is 1. The second kappa shape index (κ2) is 3.91. The van der Waals surface area contributed by atoms with Crippen LogP contribution in [0, 0.1) is 12.3 Å². The van der Waals surface area contributed by atoms with Crippen LogP contribution in [0.1, 0.15) is 27.2 Å². The van der Waals surface area contributed by atoms with Crippen molar-refractivity contribution in [3.8, 4) is 12.3 Å². The van der Waals surface area contributed by atoms with Gasteiger partial charge in [-0.3, -0.25) is 9.59 Å². The van der Waals surface area contributed by atoms with E-state index >= 15 is 0 Å². The minimum Gasteiger partial charge on any atom is -0.334 e. The Morgan fingerprint density at radius 3 is 2.08 bits per heavy atom. The zero-order valence-electron chi connectivity index (χ0n) is 7.60. The lowest BCUT2D eigenvalue weighted by molar-refractivity contribution is -0.127. The van der Waals surface area contributed by atoms with Crippen molar-refractivity contribution in [2.24, 2.45) is 0 Å². The van der Waals surface area contributed by atoms with E-state index in [1.807, 2.05) is 0 Å². The number of Topliss-reactive ketones (excluding diaryl/α,β-unsaturated/α-hetero) is 1. The Morgan fingerprint density at radius 1 is 1.50 bits per heavy atom. The first-order valence-electron chi connectivity index (χ1n) is 3.76. The quantitative estimate of drug-likeness (QED) is 0.622. The third kappa shape index (κ3) is 2.09. The van der Waals surface area contributed by atoms with E-state index < -0.39 is 5.54 Å². The van der Waals surface area contributed by atoms with E-state index in [1.165, 1.54) is 13.8 Å². The first-order chi connectivity index (χ1) is 5.48. The van der Waals surface area contributed by atoms with Crippen LogP contribution in [0.3, 0.4) is 0 Å². The fourth-order valence-corrected chi connectivity index (χ4v) is 0.966. The van der Waals surface area contributed by atoms with Gasteiger partial charge in [-0.25, -0.2) is 0 Å². The maximum Gasteiger partial charge on any atom is 0.218 e. The fourth-order valence-electron chi connectivity index (χ4n) is 0.966. The third-order valence-corrected chi connectivity index (χ3v) is 1.77. The monoisotopic (exact) mass is 167 g/mol. The Kier molecular flexibility index (Phi) is 3.49. The average Bonchev–Trinajstić information content (AvgIpc) is 1.99. The molecule has 0 saturated heterocycles. The molecule has 0 bridgehead atoms. The van der Waals surface area contributed by atoms with E-state index in [0.29, 0.717) is 6.42 Å². The molecule has 3 nitrogen and oxygen atoms in total. The largest absolute Gasteiger partial charge is 0.334 e. The van der Waals surface area contributed by atoms with Gasteiger partial charge in [0.1, 0.15) is 0 Å². The number of rotatable bonds is 3. The molecular weight excluding hydrogens is 154 g/mol. The highest BCUT2D eigenvalue weighted by molar-refractivity contribution is 5.93. The highest BCUT2D eigenvalue weighted by atomic mass is 16.2. The molecule has 0 aliphatic heterocycles. The Bertz CT molecular complexity index is 239. The van der Waals surface area contributed by atoms with Gasteiger partial charge in [-0.15, -0.1) is 6.42 Å². The summed E-state index contributed by atoms with van der Waals surface area (Å²) in [6.45, 7) is 4.47. The van der Waals surface area contributed by atoms with E-state index in [9.17, 15) is 9.59 Å². The molecule has 0 radical (unpaired) electrons. The van der Waals surface area contributed by atoms with Gasteiger partial charge in [0.05, 0.1) is 0 Å². The van der Waals surface area contributed by atoms with Crippen molar-refractivity contribution in [1.29, 1.82) is 0 Å². The lowest BCUT2D eigenvalue weighted by atomic mass is 9.92. The predicted molar refractivity (Wildman–Crippen MR) is 46.4 cm³/mol. The number of amides is 1. The highest BCUT2D eigenvalue weighted by Crippen LogP contribution is 2.09. The second-order valence-corrected chi connectivity index (χ2v) is 2.64. The average molecular weight is 167 g/mol. The zero-order valence-corrected chi connectivity index (χ0v) is 7.60. The number of nitrogens with one attached hydrogen (secondary N) is 1. The predicted octanol–water partition coefficient (Wildman–Crippen LogP) is 0.494. The molecule has 0 fully saturated rings. The van der Waals surface area contributed by atoms with E-state index in [1.54, 1.807) is 6.92 Å². The Labute approximate surface area is 72.5 Å². The van der Waals surface area contributed by atoms with Gasteiger partial charge in [0, 0.05) is 6.92 Å². The van der Waals surface area contributed by atoms with E-state index in [-0.39, 0.29) is 11.7 Å². The fraction of sp³-hybridized carbons (Fsp3) is 0.556. The van der Waals surface area contributed by atoms with Crippen molar-refractivity contribution in [2.45, 2.75) is 32.7 Å². The van der Waals surface area contributed by atoms with Crippen LogP contribution in [0.15, 0.2) is 0 Å². The van der Waals surface area contributed by atoms with Crippen LogP contribution in [-0.2, 0) is 9.59 Å². The molecule has 1 atom stereocenters. The molecule has 0 aromatic rings. The van der Waals surface area contributed by atoms with Gasteiger partial charge in [0.15, 0.2) is 11.3 Å². The Morgan fingerprint density at radius 2 is 2.00 bits per heavy atom. The van der Waals surface area contributed by atoms with Gasteiger partial charge < -0.3 is 5.32 Å². The van der Waals surface area contributed by atoms with E-state index in [4.69, 9.17) is 6.42 Å². The van der Waals surface area contributed by atoms with Crippen molar-refractivity contribution in [2.75, 3.05) is 0 Å². The van der Waals surface area contributed by atoms with Gasteiger partial charge in [0.25, 0.3) is 0 Å². The first kappa shape index (κ1) is 10.7. The van der Waals surface area contributed by atoms with Crippen LogP contribution in [0.4, 0.5) is 0 Å². The van der Waals surface area contributed by atoms with Gasteiger partial charge in [-0.05, 0) is 13.3 Å². The molecule has 0 rings (SSSR count). The number of carbonyl (C=O) groups excluding carboxylic acids is 2. The lowest BCUT2D eigenvalue weighted by Gasteiger charge is -2.24. The Balaban J connectivity index is 4.74. The number of carbonyl (C=O) groups is 2. The smallest absolute Gasteiger partial charge is 0.218 e. The topological polar surface area (TPSA) is 46.2 Å². The normalized spacial score (nSPS) is 14.2. The molecule has 0 aromatic carbocycles. The minimum atomic E-state index is -1.11. The summed E-state index contributed by atoms with van der Waals surface area (Å²) in [5.41, 5.74) is -1.11. The molecular formula is C9H13NO2. The number of hydrogen-bond acceptors (Lipinski definition) is 2. The standard InChI is InChI=1S/C9H13NO2/c1-5-9(6-2,7(3)11)10-8(4)12/h1H,6H2,2-4H3,(H,10,12)/t9-/m1/s1. The summed E-state index contributed by atoms with van der Waals surface area (Å²) in [5.74, 6) is 1.82. The third-order valence-electron chi connectivity index (χ3n) is 1.77. The summed E-state index contributed by atoms with van der Waals surface area (Å²) in [6, 6.07) is 0. The second-order valence-electron chi connectivity index (χ2n) is 2.64. The molecule has 0 aliphatic carbocycles. The maximum absolute atomic E-state index is 11.1. The van der Waals surface area contributed by atoms with Crippen LogP contribution >= 0.6 is 0 Å². The van der Waals surface area contributed by atoms with Crippen LogP contribution in [0.25, 0.3) is 0 Å². The molecule has 12 heavy (non-hydrogen) atoms. The molecule has 0 unspecified atom stereocenters. The van der Waals surface area contributed by atoms with Crippen molar-refractivity contribution in [3.05, 3.63) is 0 Å². The van der Waals surface area contributed by atoms with Crippen molar-refractivity contribution in [1.82, 2.24) is 5.32 Å². The van der Waals surface area contributed by atoms with Gasteiger partial charge in [-0.1, -0.05) is 12.8 Å². The summed E-state index contributed by atoms with van der Waals surface area (Å²) in [6.07, 6.45) is 5.60. The van der Waals surface area contributed by atoms with Crippen molar-refractivity contribution in [3.63, 3.8) is 0 Å². The summed E-state index contributed by atoms with van der Waals surface area (Å²) in [4.78, 5) is 21.8. The SMILES string of the molecule is C#C[C@](CC)(NC(C)=O)C(C)=O. The van der Waals surface area contributed by atoms with E-state index in [2.05, 4.69) is 11.2 Å². The van der Waals surface area contributed by atoms with Crippen LogP contribution in [-0.4, -0.2) is 17.2 Å². The van der Waals surface area contributed by atoms with Crippen LogP contribution < -0.4 is 5.32 Å². The van der Waals surface area contributed by atoms with Gasteiger partial charge in [0.2, 0.25) is 5.91 Å². The van der Waals surface area contributed by atoms with Crippen LogP contribution in [0.2, 0.25) is 0 Å². The number of hydrogen-bond donors (Lipinski definition) is 1. The molecule has 0 aliphatic rings. The van der Waals surface area contributed by atoms with E-state index in [0.717, 1.165) is 0 Å². The first-order valence-corrected chi connectivity index (χ1v) is 3.76. The zero-order chi connectivity index (χ0) is 9.78. The molecule has 0 spiro atoms. The molecule has 3 heteroatoms.